The Hall–Kier alpha value is -1.83. The highest BCUT2D eigenvalue weighted by molar-refractivity contribution is 8.00. The summed E-state index contributed by atoms with van der Waals surface area (Å²) in [4.78, 5) is 29.2. The third-order valence-corrected chi connectivity index (χ3v) is 6.67. The van der Waals surface area contributed by atoms with Crippen molar-refractivity contribution in [2.24, 2.45) is 15.5 Å². The van der Waals surface area contributed by atoms with E-state index in [1.807, 2.05) is 24.9 Å². The van der Waals surface area contributed by atoms with Crippen LogP contribution in [0.25, 0.3) is 0 Å². The van der Waals surface area contributed by atoms with Gasteiger partial charge in [0.25, 0.3) is 0 Å². The molecule has 3 rings (SSSR count). The molecule has 8 heteroatoms. The Morgan fingerprint density at radius 3 is 2.77 bits per heavy atom. The summed E-state index contributed by atoms with van der Waals surface area (Å²) in [6.07, 6.45) is 6.05. The van der Waals surface area contributed by atoms with Crippen molar-refractivity contribution < 1.29 is 9.59 Å². The molecular weight excluding hydrogens is 350 g/mol. The van der Waals surface area contributed by atoms with Crippen molar-refractivity contribution in [3.63, 3.8) is 0 Å². The van der Waals surface area contributed by atoms with Crippen molar-refractivity contribution in [3.05, 3.63) is 11.8 Å². The lowest BCUT2D eigenvalue weighted by molar-refractivity contribution is -0.121. The van der Waals surface area contributed by atoms with E-state index in [1.165, 1.54) is 17.3 Å². The lowest BCUT2D eigenvalue weighted by atomic mass is 9.82. The second-order valence-corrected chi connectivity index (χ2v) is 8.15. The fourth-order valence-electron chi connectivity index (χ4n) is 3.60. The molecular formula is C18H27N5O2S. The standard InChI is InChI=1S/C18H27N5O2S/c1-2-19-17(25)5-3-4-15(22-21-13-24)14-6-7-16(20-8-14)23-9-18(10-23)11-26-12-18/h8,13H,2-7,9-12H2,1H3,(H,19,25)(H,21,24)/b22-15+. The number of nitrogens with zero attached hydrogens (tertiary/aromatic N) is 3. The largest absolute Gasteiger partial charge is 0.359 e. The second-order valence-electron chi connectivity index (χ2n) is 7.16. The predicted molar refractivity (Wildman–Crippen MR) is 105 cm³/mol. The summed E-state index contributed by atoms with van der Waals surface area (Å²) in [6, 6.07) is 0. The normalized spacial score (nSPS) is 21.3. The maximum absolute atomic E-state index is 11.6. The van der Waals surface area contributed by atoms with Crippen LogP contribution in [0.4, 0.5) is 0 Å². The molecule has 2 fully saturated rings. The topological polar surface area (TPSA) is 86.2 Å². The summed E-state index contributed by atoms with van der Waals surface area (Å²) >= 11 is 2.03. The molecule has 0 unspecified atom stereocenters. The van der Waals surface area contributed by atoms with Gasteiger partial charge in [0.05, 0.1) is 5.71 Å². The van der Waals surface area contributed by atoms with Gasteiger partial charge in [0, 0.05) is 55.6 Å². The first kappa shape index (κ1) is 18.9. The van der Waals surface area contributed by atoms with E-state index in [0.717, 1.165) is 37.2 Å². The maximum atomic E-state index is 11.6. The van der Waals surface area contributed by atoms with Gasteiger partial charge in [-0.15, -0.1) is 0 Å². The molecule has 0 radical (unpaired) electrons. The highest BCUT2D eigenvalue weighted by atomic mass is 32.2. The Bertz CT molecular complexity index is 631. The third-order valence-electron chi connectivity index (χ3n) is 5.04. The lowest BCUT2D eigenvalue weighted by Crippen LogP contribution is -2.64. The number of hydrogen-bond donors (Lipinski definition) is 2. The molecule has 3 aliphatic heterocycles. The fourth-order valence-corrected chi connectivity index (χ4v) is 4.75. The van der Waals surface area contributed by atoms with Crippen LogP contribution < -0.4 is 10.7 Å². The SMILES string of the molecule is CCNC(=O)CCC/C(=N\NC=O)C1=CN=C(N2CC3(CSC3)C2)CC1. The van der Waals surface area contributed by atoms with Crippen LogP contribution in [0.5, 0.6) is 0 Å². The molecule has 2 saturated heterocycles. The summed E-state index contributed by atoms with van der Waals surface area (Å²) in [5, 5.41) is 6.97. The molecule has 0 saturated carbocycles. The number of amides is 2. The van der Waals surface area contributed by atoms with E-state index in [0.29, 0.717) is 37.6 Å². The highest BCUT2D eigenvalue weighted by Gasteiger charge is 2.49. The minimum Gasteiger partial charge on any atom is -0.359 e. The van der Waals surface area contributed by atoms with Gasteiger partial charge in [-0.25, -0.2) is 10.4 Å². The van der Waals surface area contributed by atoms with Crippen molar-refractivity contribution in [3.8, 4) is 0 Å². The van der Waals surface area contributed by atoms with Crippen LogP contribution in [0.3, 0.4) is 0 Å². The Kier molecular flexibility index (Phi) is 6.34. The zero-order chi connectivity index (χ0) is 18.4. The number of rotatable bonds is 8. The molecule has 2 N–H and O–H groups in total. The number of carbonyl (C=O) groups excluding carboxylic acids is 2. The Morgan fingerprint density at radius 2 is 2.19 bits per heavy atom. The molecule has 2 amide bonds. The van der Waals surface area contributed by atoms with Gasteiger partial charge >= 0.3 is 0 Å². The van der Waals surface area contributed by atoms with E-state index in [1.54, 1.807) is 0 Å². The maximum Gasteiger partial charge on any atom is 0.227 e. The van der Waals surface area contributed by atoms with Crippen LogP contribution >= 0.6 is 11.8 Å². The van der Waals surface area contributed by atoms with Gasteiger partial charge in [-0.3, -0.25) is 9.59 Å². The summed E-state index contributed by atoms with van der Waals surface area (Å²) in [6.45, 7) is 4.83. The van der Waals surface area contributed by atoms with Crippen molar-refractivity contribution in [2.75, 3.05) is 31.1 Å². The van der Waals surface area contributed by atoms with E-state index >= 15 is 0 Å². The number of amidine groups is 1. The number of aliphatic imine (C=N–C) groups is 1. The van der Waals surface area contributed by atoms with Gasteiger partial charge < -0.3 is 10.2 Å². The van der Waals surface area contributed by atoms with E-state index in [9.17, 15) is 9.59 Å². The smallest absolute Gasteiger partial charge is 0.227 e. The number of carbonyl (C=O) groups is 2. The zero-order valence-electron chi connectivity index (χ0n) is 15.3. The second kappa shape index (κ2) is 8.70. The van der Waals surface area contributed by atoms with E-state index < -0.39 is 0 Å². The molecule has 0 aromatic heterocycles. The molecule has 3 heterocycles. The van der Waals surface area contributed by atoms with Gasteiger partial charge in [-0.2, -0.15) is 16.9 Å². The lowest BCUT2D eigenvalue weighted by Gasteiger charge is -2.56. The van der Waals surface area contributed by atoms with E-state index in [4.69, 9.17) is 0 Å². The first-order valence-electron chi connectivity index (χ1n) is 9.27. The molecule has 0 bridgehead atoms. The molecule has 0 atom stereocenters. The fraction of sp³-hybridized carbons (Fsp3) is 0.667. The van der Waals surface area contributed by atoms with E-state index in [-0.39, 0.29) is 5.91 Å². The van der Waals surface area contributed by atoms with Crippen molar-refractivity contribution in [1.29, 1.82) is 0 Å². The molecule has 0 aliphatic carbocycles. The number of hydrogen-bond acceptors (Lipinski definition) is 6. The van der Waals surface area contributed by atoms with Gasteiger partial charge in [-0.05, 0) is 31.8 Å². The predicted octanol–water partition coefficient (Wildman–Crippen LogP) is 1.52. The van der Waals surface area contributed by atoms with Gasteiger partial charge in [0.2, 0.25) is 12.3 Å². The van der Waals surface area contributed by atoms with Gasteiger partial charge in [-0.1, -0.05) is 0 Å². The molecule has 3 aliphatic rings. The average molecular weight is 378 g/mol. The Labute approximate surface area is 158 Å². The summed E-state index contributed by atoms with van der Waals surface area (Å²) in [7, 11) is 0. The molecule has 26 heavy (non-hydrogen) atoms. The molecule has 0 aromatic carbocycles. The van der Waals surface area contributed by atoms with Crippen molar-refractivity contribution in [2.45, 2.75) is 39.0 Å². The van der Waals surface area contributed by atoms with Crippen LogP contribution in [0.2, 0.25) is 0 Å². The molecule has 0 aromatic rings. The highest BCUT2D eigenvalue weighted by Crippen LogP contribution is 2.45. The van der Waals surface area contributed by atoms with Gasteiger partial charge in [0.1, 0.15) is 5.84 Å². The Morgan fingerprint density at radius 1 is 1.38 bits per heavy atom. The monoisotopic (exact) mass is 377 g/mol. The minimum absolute atomic E-state index is 0.0500. The quantitative estimate of drug-likeness (QED) is 0.381. The van der Waals surface area contributed by atoms with Gasteiger partial charge in [0.15, 0.2) is 0 Å². The average Bonchev–Trinajstić information content (AvgIpc) is 2.56. The van der Waals surface area contributed by atoms with Crippen molar-refractivity contribution in [1.82, 2.24) is 15.6 Å². The molecule has 1 spiro atoms. The number of likely N-dealkylation sites (tertiary alicyclic amines) is 1. The third kappa shape index (κ3) is 4.47. The van der Waals surface area contributed by atoms with Crippen molar-refractivity contribution >= 4 is 35.6 Å². The molecule has 7 nitrogen and oxygen atoms in total. The first-order chi connectivity index (χ1) is 12.7. The number of hydrazone groups is 1. The molecule has 142 valence electrons. The minimum atomic E-state index is 0.0500. The summed E-state index contributed by atoms with van der Waals surface area (Å²) in [5.74, 6) is 3.80. The van der Waals surface area contributed by atoms with Crippen LogP contribution in [0.15, 0.2) is 21.9 Å². The van der Waals surface area contributed by atoms with Crippen LogP contribution in [0, 0.1) is 5.41 Å². The number of nitrogens with one attached hydrogen (secondary N) is 2. The van der Waals surface area contributed by atoms with Crippen LogP contribution in [0.1, 0.15) is 39.0 Å². The van der Waals surface area contributed by atoms with Crippen LogP contribution in [-0.4, -0.2) is 59.9 Å². The van der Waals surface area contributed by atoms with Crippen LogP contribution in [-0.2, 0) is 9.59 Å². The number of allylic oxidation sites excluding steroid dienone is 1. The van der Waals surface area contributed by atoms with E-state index in [2.05, 4.69) is 25.7 Å². The summed E-state index contributed by atoms with van der Waals surface area (Å²) in [5.41, 5.74) is 4.83. The number of thioether (sulfide) groups is 1. The zero-order valence-corrected chi connectivity index (χ0v) is 16.1. The summed E-state index contributed by atoms with van der Waals surface area (Å²) < 4.78 is 0. The Balaban J connectivity index is 1.54. The first-order valence-corrected chi connectivity index (χ1v) is 10.4.